The van der Waals surface area contributed by atoms with Gasteiger partial charge >= 0.3 is 0 Å². The van der Waals surface area contributed by atoms with Crippen LogP contribution >= 0.6 is 0 Å². The van der Waals surface area contributed by atoms with Crippen molar-refractivity contribution in [3.05, 3.63) is 0 Å². The van der Waals surface area contributed by atoms with Crippen LogP contribution in [0.5, 0.6) is 0 Å². The van der Waals surface area contributed by atoms with Crippen molar-refractivity contribution in [1.29, 1.82) is 0 Å². The van der Waals surface area contributed by atoms with Crippen LogP contribution in [0.25, 0.3) is 0 Å². The van der Waals surface area contributed by atoms with Crippen LogP contribution in [0.15, 0.2) is 0 Å². The highest BCUT2D eigenvalue weighted by Crippen LogP contribution is 2.20. The van der Waals surface area contributed by atoms with Crippen LogP contribution in [0.1, 0.15) is 68.2 Å². The first-order valence-corrected chi connectivity index (χ1v) is 9.39. The van der Waals surface area contributed by atoms with Crippen LogP contribution in [0.4, 0.5) is 0 Å². The van der Waals surface area contributed by atoms with Gasteiger partial charge in [-0.05, 0) is 68.2 Å². The Bertz CT molecular complexity index is 274. The Morgan fingerprint density at radius 1 is 0.667 bits per heavy atom. The van der Waals surface area contributed by atoms with E-state index >= 15 is 0 Å². The standard InChI is InChI=1S/C16H38N2O2Si/c1-13(2,17)9-11-19-15(5,6)21-16(7,8)20-12-10-14(3,4)18/h9-12,17-18,21H2,1-8H3. The molecule has 0 saturated heterocycles. The van der Waals surface area contributed by atoms with Gasteiger partial charge in [0, 0.05) is 34.7 Å². The molecule has 0 amide bonds. The molecule has 5 heteroatoms. The first kappa shape index (κ1) is 21.1. The van der Waals surface area contributed by atoms with E-state index in [2.05, 4.69) is 27.7 Å². The van der Waals surface area contributed by atoms with Gasteiger partial charge < -0.3 is 20.9 Å². The van der Waals surface area contributed by atoms with Crippen molar-refractivity contribution in [2.45, 2.75) is 89.8 Å². The van der Waals surface area contributed by atoms with Gasteiger partial charge in [-0.15, -0.1) is 0 Å². The lowest BCUT2D eigenvalue weighted by Crippen LogP contribution is -2.48. The quantitative estimate of drug-likeness (QED) is 0.604. The zero-order chi connectivity index (χ0) is 16.9. The maximum absolute atomic E-state index is 6.07. The normalized spacial score (nSPS) is 14.6. The highest BCUT2D eigenvalue weighted by molar-refractivity contribution is 6.43. The van der Waals surface area contributed by atoms with E-state index in [9.17, 15) is 0 Å². The minimum Gasteiger partial charge on any atom is -0.380 e. The van der Waals surface area contributed by atoms with Gasteiger partial charge in [0.05, 0.1) is 9.52 Å². The highest BCUT2D eigenvalue weighted by atomic mass is 28.2. The highest BCUT2D eigenvalue weighted by Gasteiger charge is 2.31. The van der Waals surface area contributed by atoms with Gasteiger partial charge in [-0.3, -0.25) is 0 Å². The van der Waals surface area contributed by atoms with Gasteiger partial charge in [0.2, 0.25) is 0 Å². The van der Waals surface area contributed by atoms with Crippen LogP contribution < -0.4 is 11.5 Å². The zero-order valence-electron chi connectivity index (χ0n) is 15.5. The molecule has 0 fully saturated rings. The summed E-state index contributed by atoms with van der Waals surface area (Å²) in [4.78, 5) is 0. The van der Waals surface area contributed by atoms with Crippen molar-refractivity contribution >= 4 is 9.52 Å². The van der Waals surface area contributed by atoms with Crippen molar-refractivity contribution in [3.63, 3.8) is 0 Å². The fourth-order valence-electron chi connectivity index (χ4n) is 2.31. The smallest absolute Gasteiger partial charge is 0.0962 e. The minimum absolute atomic E-state index is 0.0903. The van der Waals surface area contributed by atoms with Crippen molar-refractivity contribution in [2.24, 2.45) is 11.5 Å². The maximum atomic E-state index is 6.07. The molecule has 0 spiro atoms. The summed E-state index contributed by atoms with van der Waals surface area (Å²) in [7, 11) is -0.587. The van der Waals surface area contributed by atoms with E-state index in [1.807, 2.05) is 27.7 Å². The summed E-state index contributed by atoms with van der Waals surface area (Å²) < 4.78 is 12.1. The molecule has 0 saturated carbocycles. The summed E-state index contributed by atoms with van der Waals surface area (Å²) in [6, 6.07) is 0. The SMILES string of the molecule is CC(C)(N)CCOC(C)(C)[SiH2]C(C)(C)OCCC(C)(C)N. The molecular formula is C16H38N2O2Si. The summed E-state index contributed by atoms with van der Waals surface area (Å²) in [5.41, 5.74) is 11.6. The molecule has 0 aliphatic rings. The summed E-state index contributed by atoms with van der Waals surface area (Å²) >= 11 is 0. The third kappa shape index (κ3) is 13.4. The molecule has 0 aromatic rings. The van der Waals surface area contributed by atoms with Gasteiger partial charge in [0.1, 0.15) is 0 Å². The second-order valence-electron chi connectivity index (χ2n) is 8.87. The Hall–Kier alpha value is 0.0569. The number of hydrogen-bond donors (Lipinski definition) is 2. The Labute approximate surface area is 134 Å². The molecule has 0 aromatic carbocycles. The molecule has 4 N–H and O–H groups in total. The molecule has 0 radical (unpaired) electrons. The Morgan fingerprint density at radius 2 is 0.952 bits per heavy atom. The number of ether oxygens (including phenoxy) is 2. The molecule has 0 atom stereocenters. The maximum Gasteiger partial charge on any atom is 0.0962 e. The lowest BCUT2D eigenvalue weighted by molar-refractivity contribution is 0.00198. The summed E-state index contributed by atoms with van der Waals surface area (Å²) in [6.07, 6.45) is 1.74. The van der Waals surface area contributed by atoms with E-state index in [4.69, 9.17) is 20.9 Å². The van der Waals surface area contributed by atoms with Crippen molar-refractivity contribution in [3.8, 4) is 0 Å². The van der Waals surface area contributed by atoms with Crippen LogP contribution in [0.2, 0.25) is 0 Å². The number of rotatable bonds is 10. The molecule has 0 rings (SSSR count). The zero-order valence-corrected chi connectivity index (χ0v) is 16.9. The molecular weight excluding hydrogens is 280 g/mol. The van der Waals surface area contributed by atoms with Gasteiger partial charge in [-0.2, -0.15) is 0 Å². The molecule has 0 heterocycles. The topological polar surface area (TPSA) is 70.5 Å². The van der Waals surface area contributed by atoms with Crippen molar-refractivity contribution in [1.82, 2.24) is 0 Å². The molecule has 21 heavy (non-hydrogen) atoms. The average molecular weight is 319 g/mol. The van der Waals surface area contributed by atoms with E-state index in [0.29, 0.717) is 13.2 Å². The lowest BCUT2D eigenvalue weighted by Gasteiger charge is -2.35. The Balaban J connectivity index is 4.21. The van der Waals surface area contributed by atoms with E-state index in [0.717, 1.165) is 12.8 Å². The van der Waals surface area contributed by atoms with Gasteiger partial charge in [0.25, 0.3) is 0 Å². The van der Waals surface area contributed by atoms with Gasteiger partial charge in [-0.25, -0.2) is 0 Å². The third-order valence-corrected chi connectivity index (χ3v) is 5.44. The van der Waals surface area contributed by atoms with Crippen LogP contribution in [-0.2, 0) is 9.47 Å². The van der Waals surface area contributed by atoms with Gasteiger partial charge in [0.15, 0.2) is 0 Å². The predicted octanol–water partition coefficient (Wildman–Crippen LogP) is 1.92. The van der Waals surface area contributed by atoms with Crippen molar-refractivity contribution in [2.75, 3.05) is 13.2 Å². The van der Waals surface area contributed by atoms with E-state index in [1.54, 1.807) is 0 Å². The lowest BCUT2D eigenvalue weighted by atomic mass is 10.0. The monoisotopic (exact) mass is 318 g/mol. The summed E-state index contributed by atoms with van der Waals surface area (Å²) in [6.45, 7) is 18.2. The van der Waals surface area contributed by atoms with Gasteiger partial charge in [-0.1, -0.05) is 0 Å². The van der Waals surface area contributed by atoms with Crippen LogP contribution in [-0.4, -0.2) is 44.3 Å². The summed E-state index contributed by atoms with van der Waals surface area (Å²) in [5, 5.41) is -0.181. The largest absolute Gasteiger partial charge is 0.380 e. The van der Waals surface area contributed by atoms with Crippen LogP contribution in [0.3, 0.4) is 0 Å². The second-order valence-corrected chi connectivity index (χ2v) is 12.6. The second kappa shape index (κ2) is 7.55. The predicted molar refractivity (Wildman–Crippen MR) is 94.4 cm³/mol. The Kier molecular flexibility index (Phi) is 7.57. The minimum atomic E-state index is -0.587. The number of nitrogens with two attached hydrogens (primary N) is 2. The first-order valence-electron chi connectivity index (χ1n) is 7.98. The van der Waals surface area contributed by atoms with E-state index in [-0.39, 0.29) is 21.5 Å². The molecule has 0 bridgehead atoms. The van der Waals surface area contributed by atoms with Crippen molar-refractivity contribution < 1.29 is 9.47 Å². The molecule has 0 unspecified atom stereocenters. The van der Waals surface area contributed by atoms with E-state index in [1.165, 1.54) is 0 Å². The average Bonchev–Trinajstić information content (AvgIpc) is 2.09. The molecule has 128 valence electrons. The fraction of sp³-hybridized carbons (Fsp3) is 1.00. The molecule has 0 aliphatic heterocycles. The molecule has 4 nitrogen and oxygen atoms in total. The summed E-state index contributed by atoms with van der Waals surface area (Å²) in [5.74, 6) is 0. The number of hydrogen-bond acceptors (Lipinski definition) is 4. The Morgan fingerprint density at radius 3 is 1.19 bits per heavy atom. The van der Waals surface area contributed by atoms with Crippen LogP contribution in [0, 0.1) is 0 Å². The van der Waals surface area contributed by atoms with E-state index < -0.39 is 9.52 Å². The third-order valence-electron chi connectivity index (χ3n) is 3.33. The molecule has 0 aromatic heterocycles. The fourth-order valence-corrected chi connectivity index (χ4v) is 4.85. The first-order chi connectivity index (χ1) is 9.12. The molecule has 0 aliphatic carbocycles.